The summed E-state index contributed by atoms with van der Waals surface area (Å²) in [4.78, 5) is 0. The van der Waals surface area contributed by atoms with Gasteiger partial charge < -0.3 is 0 Å². The van der Waals surface area contributed by atoms with Gasteiger partial charge in [-0.1, -0.05) is 0 Å². The molecule has 72 valence electrons. The van der Waals surface area contributed by atoms with Gasteiger partial charge in [0.2, 0.25) is 0 Å². The van der Waals surface area contributed by atoms with E-state index in [9.17, 15) is 0 Å². The second-order valence-corrected chi connectivity index (χ2v) is 13.0. The molecule has 0 bridgehead atoms. The van der Waals surface area contributed by atoms with E-state index in [1.165, 1.54) is 3.88 Å². The third-order valence-corrected chi connectivity index (χ3v) is 5.68. The average Bonchev–Trinajstić information content (AvgIpc) is 2.08. The van der Waals surface area contributed by atoms with Gasteiger partial charge in [-0.15, -0.1) is 37.2 Å². The summed E-state index contributed by atoms with van der Waals surface area (Å²) < 4.78 is 1.26. The molecular weight excluding hydrogens is 296 g/mol. The van der Waals surface area contributed by atoms with Crippen molar-refractivity contribution < 1.29 is 14.3 Å². The minimum absolute atomic E-state index is 0. The van der Waals surface area contributed by atoms with Crippen LogP contribution in [0.25, 0.3) is 0 Å². The van der Waals surface area contributed by atoms with Crippen LogP contribution in [0.2, 0.25) is 0 Å². The van der Waals surface area contributed by atoms with E-state index in [0.717, 1.165) is 6.42 Å². The van der Waals surface area contributed by atoms with Crippen molar-refractivity contribution in [2.45, 2.75) is 6.42 Å². The van der Waals surface area contributed by atoms with Crippen LogP contribution < -0.4 is 0 Å². The molecule has 1 aliphatic carbocycles. The summed E-state index contributed by atoms with van der Waals surface area (Å²) in [6.07, 6.45) is 7.12. The Bertz CT molecular complexity index is 173. The van der Waals surface area contributed by atoms with Crippen LogP contribution in [0.4, 0.5) is 0 Å². The molecule has 0 fully saturated rings. The zero-order valence-electron chi connectivity index (χ0n) is 6.42. The fraction of sp³-hybridized carbons (Fsp3) is 0.200. The molecule has 0 aromatic heterocycles. The summed E-state index contributed by atoms with van der Waals surface area (Å²) in [7, 11) is 12.0. The van der Waals surface area contributed by atoms with Gasteiger partial charge in [0.1, 0.15) is 0 Å². The molecule has 0 N–H and O–H groups in total. The van der Waals surface area contributed by atoms with E-state index >= 15 is 0 Å². The Morgan fingerprint density at radius 1 is 1.25 bits per heavy atom. The monoisotopic (exact) mass is 304 g/mol. The molecule has 0 atom stereocenters. The first-order valence-electron chi connectivity index (χ1n) is 2.85. The Morgan fingerprint density at radius 3 is 1.92 bits per heavy atom. The van der Waals surface area contributed by atoms with Crippen molar-refractivity contribution in [1.29, 1.82) is 0 Å². The van der Waals surface area contributed by atoms with Crippen LogP contribution in [0.3, 0.4) is 0 Å². The van der Waals surface area contributed by atoms with E-state index < -0.39 is 14.3 Å². The zero-order valence-corrected chi connectivity index (χ0v) is 11.9. The van der Waals surface area contributed by atoms with Crippen molar-refractivity contribution in [3.05, 3.63) is 22.1 Å². The molecule has 0 aliphatic heterocycles. The first-order chi connectivity index (χ1) is 4.11. The quantitative estimate of drug-likeness (QED) is 0.653. The Labute approximate surface area is 104 Å². The van der Waals surface area contributed by atoms with Crippen LogP contribution in [-0.2, 0) is 14.3 Å². The maximum absolute atomic E-state index is 5.98. The fourth-order valence-electron chi connectivity index (χ4n) is 0.773. The number of hydrogen-bond acceptors (Lipinski definition) is 0. The summed E-state index contributed by atoms with van der Waals surface area (Å²) in [5, 5.41) is 0. The molecule has 0 radical (unpaired) electrons. The van der Waals surface area contributed by atoms with Gasteiger partial charge in [-0.3, -0.25) is 0 Å². The van der Waals surface area contributed by atoms with Gasteiger partial charge >= 0.3 is 67.4 Å². The number of halogens is 5. The van der Waals surface area contributed by atoms with Crippen molar-refractivity contribution in [2.24, 2.45) is 0 Å². The molecular formula is C5H10BCl5Ti. The van der Waals surface area contributed by atoms with Crippen molar-refractivity contribution in [2.75, 3.05) is 0 Å². The third-order valence-electron chi connectivity index (χ3n) is 1.34. The first kappa shape index (κ1) is 19.3. The summed E-state index contributed by atoms with van der Waals surface area (Å²) in [5.41, 5.74) is 0. The van der Waals surface area contributed by atoms with Crippen molar-refractivity contribution >= 4 is 61.9 Å². The molecule has 7 heteroatoms. The number of allylic oxidation sites excluding steroid dienone is 4. The molecule has 0 nitrogen and oxygen atoms in total. The van der Waals surface area contributed by atoms with Crippen LogP contribution in [0, 0.1) is 0 Å². The SMILES string of the molecule is Cl.Cl.Cl.[BH2][Ti]([Cl])([Cl])[C]1=CC=CC1. The second-order valence-electron chi connectivity index (χ2n) is 2.21. The van der Waals surface area contributed by atoms with E-state index in [0.29, 0.717) is 0 Å². The van der Waals surface area contributed by atoms with E-state index in [4.69, 9.17) is 18.6 Å². The van der Waals surface area contributed by atoms with Gasteiger partial charge in [-0.2, -0.15) is 0 Å². The summed E-state index contributed by atoms with van der Waals surface area (Å²) in [6, 6.07) is 1.97. The van der Waals surface area contributed by atoms with Gasteiger partial charge in [-0.25, -0.2) is 0 Å². The standard InChI is InChI=1S/C5H5.BH2.5ClH.Ti/c1-2-4-5-3-1;;;;;;;/h1-3H,4H2;1H2;5*1H;/q;+1;;;;;;+1/p-2. The fourth-order valence-corrected chi connectivity index (χ4v) is 3.28. The third kappa shape index (κ3) is 6.21. The van der Waals surface area contributed by atoms with E-state index in [1.807, 2.05) is 18.2 Å². The average molecular weight is 306 g/mol. The molecule has 0 aromatic carbocycles. The van der Waals surface area contributed by atoms with Gasteiger partial charge in [0.25, 0.3) is 0 Å². The number of hydrogen-bond donors (Lipinski definition) is 0. The Hall–Kier alpha value is 1.71. The summed E-state index contributed by atoms with van der Waals surface area (Å²) in [5.74, 6) is 0. The van der Waals surface area contributed by atoms with E-state index in [1.54, 1.807) is 0 Å². The molecule has 0 aromatic rings. The molecule has 1 rings (SSSR count). The van der Waals surface area contributed by atoms with Gasteiger partial charge in [-0.05, 0) is 0 Å². The minimum atomic E-state index is -2.44. The predicted molar refractivity (Wildman–Crippen MR) is 63.8 cm³/mol. The Morgan fingerprint density at radius 2 is 1.75 bits per heavy atom. The summed E-state index contributed by atoms with van der Waals surface area (Å²) >= 11 is -2.44. The van der Waals surface area contributed by atoms with Crippen molar-refractivity contribution in [3.63, 3.8) is 0 Å². The van der Waals surface area contributed by atoms with Gasteiger partial charge in [0.05, 0.1) is 0 Å². The molecule has 0 unspecified atom stereocenters. The van der Waals surface area contributed by atoms with Crippen LogP contribution in [0.15, 0.2) is 22.1 Å². The zero-order chi connectivity index (χ0) is 6.91. The predicted octanol–water partition coefficient (Wildman–Crippen LogP) is 3.11. The molecule has 12 heavy (non-hydrogen) atoms. The molecule has 0 spiro atoms. The molecule has 0 amide bonds. The van der Waals surface area contributed by atoms with Crippen molar-refractivity contribution in [1.82, 2.24) is 0 Å². The Kier molecular flexibility index (Phi) is 13.0. The topological polar surface area (TPSA) is 0 Å². The van der Waals surface area contributed by atoms with Crippen LogP contribution in [0.5, 0.6) is 0 Å². The van der Waals surface area contributed by atoms with Crippen LogP contribution in [-0.4, -0.2) is 6.02 Å². The maximum atomic E-state index is 5.98. The number of rotatable bonds is 1. The van der Waals surface area contributed by atoms with Crippen molar-refractivity contribution in [3.8, 4) is 0 Å². The Balaban J connectivity index is -0.000000270. The van der Waals surface area contributed by atoms with Gasteiger partial charge in [0.15, 0.2) is 0 Å². The molecule has 0 saturated carbocycles. The van der Waals surface area contributed by atoms with Crippen LogP contribution >= 0.6 is 55.8 Å². The van der Waals surface area contributed by atoms with E-state index in [2.05, 4.69) is 6.08 Å². The molecule has 0 heterocycles. The molecule has 0 saturated heterocycles. The molecule has 1 aliphatic rings. The second kappa shape index (κ2) is 8.05. The van der Waals surface area contributed by atoms with E-state index in [-0.39, 0.29) is 37.2 Å². The first-order valence-corrected chi connectivity index (χ1v) is 9.48. The summed E-state index contributed by atoms with van der Waals surface area (Å²) in [6.45, 7) is 0. The van der Waals surface area contributed by atoms with Gasteiger partial charge in [0, 0.05) is 0 Å². The normalized spacial score (nSPS) is 13.7. The van der Waals surface area contributed by atoms with Crippen LogP contribution in [0.1, 0.15) is 6.42 Å².